The minimum atomic E-state index is -1.42. The molecule has 4 heteroatoms. The lowest BCUT2D eigenvalue weighted by atomic mass is 10.2. The Morgan fingerprint density at radius 2 is 2.00 bits per heavy atom. The summed E-state index contributed by atoms with van der Waals surface area (Å²) in [6, 6.07) is 0. The fraction of sp³-hybridized carbons (Fsp3) is 0.800. The minimum Gasteiger partial charge on any atom is -0.467 e. The molecule has 0 rings (SSSR count). The van der Waals surface area contributed by atoms with Crippen LogP contribution in [0.15, 0.2) is 0 Å². The Kier molecular flexibility index (Phi) is 3.19. The monoisotopic (exact) mass is 134 g/mol. The van der Waals surface area contributed by atoms with E-state index in [9.17, 15) is 4.79 Å². The van der Waals surface area contributed by atoms with Crippen molar-refractivity contribution in [2.75, 3.05) is 7.11 Å². The highest BCUT2D eigenvalue weighted by atomic mass is 16.5. The maximum atomic E-state index is 10.3. The SMILES string of the molecule is COC(=O)[C@@H](O)[C@H](C)O. The number of rotatable bonds is 2. The molecular weight excluding hydrogens is 124 g/mol. The first-order valence-electron chi connectivity index (χ1n) is 2.53. The van der Waals surface area contributed by atoms with Crippen molar-refractivity contribution in [1.82, 2.24) is 0 Å². The van der Waals surface area contributed by atoms with Crippen molar-refractivity contribution >= 4 is 5.97 Å². The smallest absolute Gasteiger partial charge is 0.337 e. The van der Waals surface area contributed by atoms with Crippen molar-refractivity contribution in [2.45, 2.75) is 19.1 Å². The third kappa shape index (κ3) is 2.43. The van der Waals surface area contributed by atoms with Crippen LogP contribution in [0.3, 0.4) is 0 Å². The highest BCUT2D eigenvalue weighted by molar-refractivity contribution is 5.74. The molecule has 54 valence electrons. The average molecular weight is 134 g/mol. The van der Waals surface area contributed by atoms with Crippen LogP contribution in [-0.4, -0.2) is 35.5 Å². The number of hydrogen-bond acceptors (Lipinski definition) is 4. The summed E-state index contributed by atoms with van der Waals surface area (Å²) < 4.78 is 4.12. The van der Waals surface area contributed by atoms with Gasteiger partial charge in [0.25, 0.3) is 0 Å². The van der Waals surface area contributed by atoms with E-state index in [0.29, 0.717) is 0 Å². The van der Waals surface area contributed by atoms with Crippen LogP contribution in [0, 0.1) is 0 Å². The van der Waals surface area contributed by atoms with Crippen LogP contribution in [0.25, 0.3) is 0 Å². The van der Waals surface area contributed by atoms with Crippen LogP contribution in [-0.2, 0) is 9.53 Å². The Morgan fingerprint density at radius 3 is 2.11 bits per heavy atom. The largest absolute Gasteiger partial charge is 0.467 e. The van der Waals surface area contributed by atoms with Crippen LogP contribution in [0.4, 0.5) is 0 Å². The zero-order valence-corrected chi connectivity index (χ0v) is 5.37. The lowest BCUT2D eigenvalue weighted by Gasteiger charge is -2.09. The number of ether oxygens (including phenoxy) is 1. The Hall–Kier alpha value is -0.610. The Bertz CT molecular complexity index is 99.1. The van der Waals surface area contributed by atoms with Gasteiger partial charge in [0.05, 0.1) is 13.2 Å². The van der Waals surface area contributed by atoms with Gasteiger partial charge in [0.1, 0.15) is 0 Å². The molecular formula is C5H10O4. The summed E-state index contributed by atoms with van der Waals surface area (Å²) in [5.74, 6) is -0.815. The quantitative estimate of drug-likeness (QED) is 0.470. The number of carbonyl (C=O) groups is 1. The van der Waals surface area contributed by atoms with Crippen molar-refractivity contribution in [3.05, 3.63) is 0 Å². The molecule has 0 fully saturated rings. The van der Waals surface area contributed by atoms with Gasteiger partial charge < -0.3 is 14.9 Å². The highest BCUT2D eigenvalue weighted by Crippen LogP contribution is 1.92. The summed E-state index contributed by atoms with van der Waals surface area (Å²) in [7, 11) is 1.15. The summed E-state index contributed by atoms with van der Waals surface area (Å²) >= 11 is 0. The van der Waals surface area contributed by atoms with Crippen LogP contribution in [0.5, 0.6) is 0 Å². The second-order valence-electron chi connectivity index (χ2n) is 1.71. The Balaban J connectivity index is 3.72. The van der Waals surface area contributed by atoms with E-state index in [1.54, 1.807) is 0 Å². The maximum absolute atomic E-state index is 10.3. The molecule has 0 spiro atoms. The molecule has 0 radical (unpaired) electrons. The third-order valence-electron chi connectivity index (χ3n) is 0.900. The molecule has 0 aliphatic carbocycles. The summed E-state index contributed by atoms with van der Waals surface area (Å²) in [5.41, 5.74) is 0. The van der Waals surface area contributed by atoms with E-state index in [2.05, 4.69) is 4.74 Å². The summed E-state index contributed by atoms with van der Waals surface area (Å²) in [5, 5.41) is 17.2. The van der Waals surface area contributed by atoms with Gasteiger partial charge in [-0.25, -0.2) is 4.79 Å². The van der Waals surface area contributed by atoms with Gasteiger partial charge in [-0.2, -0.15) is 0 Å². The fourth-order valence-corrected chi connectivity index (χ4v) is 0.318. The lowest BCUT2D eigenvalue weighted by molar-refractivity contribution is -0.155. The fourth-order valence-electron chi connectivity index (χ4n) is 0.318. The highest BCUT2D eigenvalue weighted by Gasteiger charge is 2.20. The second kappa shape index (κ2) is 3.42. The summed E-state index contributed by atoms with van der Waals surface area (Å²) in [4.78, 5) is 10.3. The van der Waals surface area contributed by atoms with Crippen LogP contribution in [0.2, 0.25) is 0 Å². The molecule has 4 nitrogen and oxygen atoms in total. The standard InChI is InChI=1S/C5H10O4/c1-3(6)4(7)5(8)9-2/h3-4,6-7H,1-2H3/t3-,4-/m0/s1. The first-order chi connectivity index (χ1) is 4.09. The van der Waals surface area contributed by atoms with E-state index in [-0.39, 0.29) is 0 Å². The van der Waals surface area contributed by atoms with Crippen molar-refractivity contribution < 1.29 is 19.7 Å². The molecule has 0 amide bonds. The van der Waals surface area contributed by atoms with Crippen molar-refractivity contribution in [1.29, 1.82) is 0 Å². The Morgan fingerprint density at radius 1 is 1.56 bits per heavy atom. The van der Waals surface area contributed by atoms with Gasteiger partial charge in [0.15, 0.2) is 6.10 Å². The number of methoxy groups -OCH3 is 1. The first-order valence-corrected chi connectivity index (χ1v) is 2.53. The number of aliphatic hydroxyl groups is 2. The van der Waals surface area contributed by atoms with E-state index in [4.69, 9.17) is 10.2 Å². The minimum absolute atomic E-state index is 0.815. The van der Waals surface area contributed by atoms with E-state index in [1.165, 1.54) is 6.92 Å². The topological polar surface area (TPSA) is 66.8 Å². The maximum Gasteiger partial charge on any atom is 0.337 e. The molecule has 0 aliphatic heterocycles. The van der Waals surface area contributed by atoms with Gasteiger partial charge >= 0.3 is 5.97 Å². The van der Waals surface area contributed by atoms with Crippen LogP contribution < -0.4 is 0 Å². The molecule has 0 saturated heterocycles. The molecule has 0 heterocycles. The van der Waals surface area contributed by atoms with Gasteiger partial charge in [0, 0.05) is 0 Å². The molecule has 0 unspecified atom stereocenters. The van der Waals surface area contributed by atoms with E-state index in [0.717, 1.165) is 7.11 Å². The van der Waals surface area contributed by atoms with Gasteiger partial charge in [-0.3, -0.25) is 0 Å². The molecule has 0 aromatic carbocycles. The predicted octanol–water partition coefficient (Wildman–Crippen LogP) is -1.10. The lowest BCUT2D eigenvalue weighted by Crippen LogP contribution is -2.32. The third-order valence-corrected chi connectivity index (χ3v) is 0.900. The zero-order valence-electron chi connectivity index (χ0n) is 5.37. The predicted molar refractivity (Wildman–Crippen MR) is 29.7 cm³/mol. The number of aliphatic hydroxyl groups excluding tert-OH is 2. The Labute approximate surface area is 53.1 Å². The first kappa shape index (κ1) is 8.39. The van der Waals surface area contributed by atoms with E-state index >= 15 is 0 Å². The zero-order chi connectivity index (χ0) is 7.44. The summed E-state index contributed by atoms with van der Waals surface area (Å²) in [6.45, 7) is 1.31. The molecule has 9 heavy (non-hydrogen) atoms. The van der Waals surface area contributed by atoms with E-state index < -0.39 is 18.2 Å². The molecule has 0 aromatic heterocycles. The molecule has 0 aliphatic rings. The van der Waals surface area contributed by atoms with Crippen molar-refractivity contribution in [3.63, 3.8) is 0 Å². The molecule has 0 bridgehead atoms. The molecule has 2 N–H and O–H groups in total. The number of carbonyl (C=O) groups excluding carboxylic acids is 1. The van der Waals surface area contributed by atoms with Crippen molar-refractivity contribution in [3.8, 4) is 0 Å². The second-order valence-corrected chi connectivity index (χ2v) is 1.71. The number of esters is 1. The molecule has 0 aromatic rings. The molecule has 0 saturated carbocycles. The van der Waals surface area contributed by atoms with Gasteiger partial charge in [0.2, 0.25) is 0 Å². The molecule has 2 atom stereocenters. The normalized spacial score (nSPS) is 16.4. The number of hydrogen-bond donors (Lipinski definition) is 2. The van der Waals surface area contributed by atoms with Gasteiger partial charge in [-0.05, 0) is 6.92 Å². The van der Waals surface area contributed by atoms with Crippen LogP contribution in [0.1, 0.15) is 6.92 Å². The van der Waals surface area contributed by atoms with Gasteiger partial charge in [-0.15, -0.1) is 0 Å². The van der Waals surface area contributed by atoms with Gasteiger partial charge in [-0.1, -0.05) is 0 Å². The van der Waals surface area contributed by atoms with Crippen LogP contribution >= 0.6 is 0 Å². The van der Waals surface area contributed by atoms with Crippen molar-refractivity contribution in [2.24, 2.45) is 0 Å². The summed E-state index contributed by atoms with van der Waals surface area (Å²) in [6.07, 6.45) is -2.49. The van der Waals surface area contributed by atoms with E-state index in [1.807, 2.05) is 0 Å². The average Bonchev–Trinajstić information content (AvgIpc) is 1.84.